The highest BCUT2D eigenvalue weighted by molar-refractivity contribution is 7.91. The van der Waals surface area contributed by atoms with Gasteiger partial charge in [-0.05, 0) is 32.2 Å². The van der Waals surface area contributed by atoms with Crippen LogP contribution in [0.5, 0.6) is 0 Å². The normalized spacial score (nSPS) is 27.9. The molecular weight excluding hydrogens is 254 g/mol. The summed E-state index contributed by atoms with van der Waals surface area (Å²) in [5.41, 5.74) is 0. The van der Waals surface area contributed by atoms with E-state index in [0.29, 0.717) is 25.4 Å². The Morgan fingerprint density at radius 3 is 2.56 bits per heavy atom. The van der Waals surface area contributed by atoms with Gasteiger partial charge < -0.3 is 16.0 Å². The summed E-state index contributed by atoms with van der Waals surface area (Å²) in [6, 6.07) is 0.181. The Kier molecular flexibility index (Phi) is 4.45. The van der Waals surface area contributed by atoms with Crippen LogP contribution in [0.4, 0.5) is 4.79 Å². The molecular formula is C11H21N3O3S. The predicted octanol–water partition coefficient (Wildman–Crippen LogP) is -0.385. The fourth-order valence-corrected chi connectivity index (χ4v) is 3.91. The molecule has 0 aromatic carbocycles. The maximum atomic E-state index is 11.6. The van der Waals surface area contributed by atoms with E-state index in [0.717, 1.165) is 19.4 Å². The molecule has 2 rings (SSSR count). The summed E-state index contributed by atoms with van der Waals surface area (Å²) in [6.45, 7) is 1.66. The van der Waals surface area contributed by atoms with E-state index in [4.69, 9.17) is 0 Å². The lowest BCUT2D eigenvalue weighted by Gasteiger charge is -2.23. The van der Waals surface area contributed by atoms with Crippen molar-refractivity contribution in [2.45, 2.75) is 37.8 Å². The molecule has 6 nitrogen and oxygen atoms in total. The molecule has 0 aromatic heterocycles. The Labute approximate surface area is 108 Å². The fourth-order valence-electron chi connectivity index (χ4n) is 2.42. The third-order valence-corrected chi connectivity index (χ3v) is 5.28. The van der Waals surface area contributed by atoms with E-state index < -0.39 is 9.84 Å². The number of hydrogen-bond donors (Lipinski definition) is 3. The molecule has 0 spiro atoms. The Morgan fingerprint density at radius 2 is 1.94 bits per heavy atom. The lowest BCUT2D eigenvalue weighted by molar-refractivity contribution is 0.235. The van der Waals surface area contributed by atoms with Crippen molar-refractivity contribution < 1.29 is 13.2 Å². The van der Waals surface area contributed by atoms with Gasteiger partial charge in [-0.3, -0.25) is 0 Å². The first kappa shape index (κ1) is 13.6. The maximum Gasteiger partial charge on any atom is 0.315 e. The van der Waals surface area contributed by atoms with E-state index in [1.807, 2.05) is 0 Å². The second-order valence-electron chi connectivity index (χ2n) is 5.07. The first-order chi connectivity index (χ1) is 8.55. The van der Waals surface area contributed by atoms with Crippen LogP contribution in [0.25, 0.3) is 0 Å². The molecule has 2 saturated heterocycles. The average Bonchev–Trinajstić information content (AvgIpc) is 2.82. The van der Waals surface area contributed by atoms with Crippen LogP contribution in [0.3, 0.4) is 0 Å². The third-order valence-electron chi connectivity index (χ3n) is 3.56. The van der Waals surface area contributed by atoms with Gasteiger partial charge in [-0.1, -0.05) is 0 Å². The van der Waals surface area contributed by atoms with Gasteiger partial charge in [0.2, 0.25) is 0 Å². The summed E-state index contributed by atoms with van der Waals surface area (Å²) in [7, 11) is -2.86. The zero-order chi connectivity index (χ0) is 13.0. The number of urea groups is 1. The first-order valence-corrected chi connectivity index (χ1v) is 8.35. The number of amides is 2. The minimum absolute atomic E-state index is 0.00920. The van der Waals surface area contributed by atoms with Crippen molar-refractivity contribution in [2.24, 2.45) is 0 Å². The van der Waals surface area contributed by atoms with Crippen molar-refractivity contribution in [3.8, 4) is 0 Å². The lowest BCUT2D eigenvalue weighted by Crippen LogP contribution is -2.48. The van der Waals surface area contributed by atoms with Crippen LogP contribution in [0.1, 0.15) is 25.7 Å². The van der Waals surface area contributed by atoms with Gasteiger partial charge in [-0.25, -0.2) is 13.2 Å². The second kappa shape index (κ2) is 5.88. The van der Waals surface area contributed by atoms with E-state index in [1.54, 1.807) is 0 Å². The molecule has 7 heteroatoms. The van der Waals surface area contributed by atoms with Gasteiger partial charge in [0.1, 0.15) is 9.84 Å². The van der Waals surface area contributed by atoms with Gasteiger partial charge in [-0.2, -0.15) is 0 Å². The molecule has 0 saturated carbocycles. The highest BCUT2D eigenvalue weighted by Gasteiger charge is 2.24. The Balaban J connectivity index is 1.65. The standard InChI is InChI=1S/C11H21N3O3S/c15-11(13-8-10-2-1-5-12-10)14-9-3-6-18(16,17)7-4-9/h9-10,12H,1-8H2,(H2,13,14,15). The molecule has 0 radical (unpaired) electrons. The number of sulfone groups is 1. The van der Waals surface area contributed by atoms with Gasteiger partial charge in [0, 0.05) is 18.6 Å². The van der Waals surface area contributed by atoms with Crippen molar-refractivity contribution in [3.63, 3.8) is 0 Å². The molecule has 0 aliphatic carbocycles. The number of carbonyl (C=O) groups excluding carboxylic acids is 1. The minimum Gasteiger partial charge on any atom is -0.337 e. The van der Waals surface area contributed by atoms with Crippen LogP contribution in [-0.2, 0) is 9.84 Å². The third kappa shape index (κ3) is 4.13. The van der Waals surface area contributed by atoms with Crippen LogP contribution in [-0.4, -0.2) is 51.1 Å². The molecule has 2 fully saturated rings. The van der Waals surface area contributed by atoms with E-state index in [9.17, 15) is 13.2 Å². The van der Waals surface area contributed by atoms with E-state index in [1.165, 1.54) is 0 Å². The van der Waals surface area contributed by atoms with E-state index >= 15 is 0 Å². The van der Waals surface area contributed by atoms with Gasteiger partial charge in [0.25, 0.3) is 0 Å². The molecule has 2 heterocycles. The molecule has 18 heavy (non-hydrogen) atoms. The Morgan fingerprint density at radius 1 is 1.22 bits per heavy atom. The smallest absolute Gasteiger partial charge is 0.315 e. The fraction of sp³-hybridized carbons (Fsp3) is 0.909. The summed E-state index contributed by atoms with van der Waals surface area (Å²) >= 11 is 0. The van der Waals surface area contributed by atoms with Crippen molar-refractivity contribution >= 4 is 15.9 Å². The molecule has 2 aliphatic rings. The number of nitrogens with one attached hydrogen (secondary N) is 3. The number of hydrogen-bond acceptors (Lipinski definition) is 4. The van der Waals surface area contributed by atoms with Crippen LogP contribution in [0.15, 0.2) is 0 Å². The van der Waals surface area contributed by atoms with Gasteiger partial charge >= 0.3 is 6.03 Å². The molecule has 1 atom stereocenters. The zero-order valence-electron chi connectivity index (χ0n) is 10.4. The molecule has 2 amide bonds. The second-order valence-corrected chi connectivity index (χ2v) is 7.38. The van der Waals surface area contributed by atoms with Crippen molar-refractivity contribution in [1.29, 1.82) is 0 Å². The van der Waals surface area contributed by atoms with Crippen molar-refractivity contribution in [3.05, 3.63) is 0 Å². The van der Waals surface area contributed by atoms with Crippen LogP contribution >= 0.6 is 0 Å². The summed E-state index contributed by atoms with van der Waals surface area (Å²) in [5, 5.41) is 8.97. The number of rotatable bonds is 3. The monoisotopic (exact) mass is 275 g/mol. The molecule has 1 unspecified atom stereocenters. The average molecular weight is 275 g/mol. The Hall–Kier alpha value is -0.820. The summed E-state index contributed by atoms with van der Waals surface area (Å²) < 4.78 is 22.5. The van der Waals surface area contributed by atoms with Gasteiger partial charge in [0.05, 0.1) is 11.5 Å². The largest absolute Gasteiger partial charge is 0.337 e. The zero-order valence-corrected chi connectivity index (χ0v) is 11.3. The Bertz CT molecular complexity index is 376. The molecule has 3 N–H and O–H groups in total. The number of carbonyl (C=O) groups is 1. The van der Waals surface area contributed by atoms with Gasteiger partial charge in [-0.15, -0.1) is 0 Å². The molecule has 104 valence electrons. The van der Waals surface area contributed by atoms with E-state index in [2.05, 4.69) is 16.0 Å². The maximum absolute atomic E-state index is 11.6. The van der Waals surface area contributed by atoms with Crippen LogP contribution < -0.4 is 16.0 Å². The topological polar surface area (TPSA) is 87.3 Å². The first-order valence-electron chi connectivity index (χ1n) is 6.53. The van der Waals surface area contributed by atoms with Crippen molar-refractivity contribution in [1.82, 2.24) is 16.0 Å². The molecule has 2 aliphatic heterocycles. The van der Waals surface area contributed by atoms with Crippen LogP contribution in [0.2, 0.25) is 0 Å². The minimum atomic E-state index is -2.86. The molecule has 0 aromatic rings. The SMILES string of the molecule is O=C(NCC1CCCN1)NC1CCS(=O)(=O)CC1. The van der Waals surface area contributed by atoms with Crippen molar-refractivity contribution in [2.75, 3.05) is 24.6 Å². The summed E-state index contributed by atoms with van der Waals surface area (Å²) in [4.78, 5) is 11.6. The highest BCUT2D eigenvalue weighted by Crippen LogP contribution is 2.11. The van der Waals surface area contributed by atoms with Crippen LogP contribution in [0, 0.1) is 0 Å². The summed E-state index contributed by atoms with van der Waals surface area (Å²) in [6.07, 6.45) is 3.31. The van der Waals surface area contributed by atoms with Gasteiger partial charge in [0.15, 0.2) is 0 Å². The lowest BCUT2D eigenvalue weighted by atomic mass is 10.1. The quantitative estimate of drug-likeness (QED) is 0.655. The highest BCUT2D eigenvalue weighted by atomic mass is 32.2. The van der Waals surface area contributed by atoms with E-state index in [-0.39, 0.29) is 23.6 Å². The predicted molar refractivity (Wildman–Crippen MR) is 69.2 cm³/mol. The summed E-state index contributed by atoms with van der Waals surface area (Å²) in [5.74, 6) is 0.365. The molecule has 0 bridgehead atoms.